The molecule has 0 aliphatic carbocycles. The summed E-state index contributed by atoms with van der Waals surface area (Å²) in [6.07, 6.45) is -3.50. The minimum absolute atomic E-state index is 0.538. The maximum Gasteiger partial charge on any atom is 0.490 e. The van der Waals surface area contributed by atoms with Crippen LogP contribution in [0.2, 0.25) is 0 Å². The Kier molecular flexibility index (Phi) is 6.71. The molecule has 0 radical (unpaired) electrons. The van der Waals surface area contributed by atoms with E-state index in [2.05, 4.69) is 36.9 Å². The molecule has 154 valence electrons. The van der Waals surface area contributed by atoms with Crippen molar-refractivity contribution in [1.29, 1.82) is 0 Å². The molecule has 0 atom stereocenters. The van der Waals surface area contributed by atoms with E-state index in [9.17, 15) is 13.2 Å². The van der Waals surface area contributed by atoms with Gasteiger partial charge in [-0.25, -0.2) is 14.8 Å². The van der Waals surface area contributed by atoms with Crippen LogP contribution in [0.15, 0.2) is 29.9 Å². The first kappa shape index (κ1) is 21.1. The Morgan fingerprint density at radius 2 is 2.07 bits per heavy atom. The van der Waals surface area contributed by atoms with E-state index in [1.165, 1.54) is 0 Å². The zero-order valence-corrected chi connectivity index (χ0v) is 16.3. The second kappa shape index (κ2) is 9.24. The van der Waals surface area contributed by atoms with Crippen molar-refractivity contribution >= 4 is 34.5 Å². The lowest BCUT2D eigenvalue weighted by molar-refractivity contribution is -0.192. The molecule has 1 aliphatic heterocycles. The van der Waals surface area contributed by atoms with Crippen molar-refractivity contribution in [3.63, 3.8) is 0 Å². The van der Waals surface area contributed by atoms with Crippen LogP contribution in [-0.2, 0) is 11.3 Å². The number of anilines is 1. The van der Waals surface area contributed by atoms with Crippen LogP contribution in [0.1, 0.15) is 15.9 Å². The zero-order valence-electron chi connectivity index (χ0n) is 14.7. The summed E-state index contributed by atoms with van der Waals surface area (Å²) in [6.45, 7) is 2.66. The Labute approximate surface area is 170 Å². The van der Waals surface area contributed by atoms with Crippen molar-refractivity contribution in [3.05, 3.63) is 39.9 Å². The van der Waals surface area contributed by atoms with Crippen LogP contribution in [-0.4, -0.2) is 50.5 Å². The largest absolute Gasteiger partial charge is 0.490 e. The minimum atomic E-state index is -5.08. The first-order chi connectivity index (χ1) is 13.8. The van der Waals surface area contributed by atoms with E-state index >= 15 is 0 Å². The highest BCUT2D eigenvalue weighted by Gasteiger charge is 2.38. The van der Waals surface area contributed by atoms with Crippen LogP contribution in [0.3, 0.4) is 0 Å². The fourth-order valence-electron chi connectivity index (χ4n) is 2.15. The number of carbonyl (C=O) groups is 1. The number of nitrogens with one attached hydrogen (secondary N) is 2. The lowest BCUT2D eigenvalue weighted by atomic mass is 10.1. The highest BCUT2D eigenvalue weighted by Crippen LogP contribution is 2.25. The van der Waals surface area contributed by atoms with Crippen LogP contribution in [0.5, 0.6) is 0 Å². The Hall–Kier alpha value is -2.64. The maximum atomic E-state index is 10.6. The number of halogens is 3. The standard InChI is InChI=1S/C14H14N6S2.C2HF3O2/c1-2-11(21-3-1)10-4-12(18-8-17-10)16-7-13-19-20-14(22-13)9-5-15-6-9;3-2(4,5)1(6)7/h1-4,8-9,15H,5-7H2,(H,16,17,18);(H,6,7). The van der Waals surface area contributed by atoms with Crippen LogP contribution in [0.4, 0.5) is 19.0 Å². The van der Waals surface area contributed by atoms with Gasteiger partial charge in [0.05, 0.1) is 17.1 Å². The Morgan fingerprint density at radius 1 is 1.31 bits per heavy atom. The monoisotopic (exact) mass is 444 g/mol. The van der Waals surface area contributed by atoms with Crippen LogP contribution < -0.4 is 10.6 Å². The molecular formula is C16H15F3N6O2S2. The zero-order chi connectivity index (χ0) is 20.9. The number of aromatic nitrogens is 4. The van der Waals surface area contributed by atoms with Crippen molar-refractivity contribution in [2.24, 2.45) is 0 Å². The van der Waals surface area contributed by atoms with Crippen molar-refractivity contribution in [3.8, 4) is 10.6 Å². The second-order valence-electron chi connectivity index (χ2n) is 5.81. The summed E-state index contributed by atoms with van der Waals surface area (Å²) in [4.78, 5) is 18.6. The highest BCUT2D eigenvalue weighted by atomic mass is 32.1. The molecule has 0 aromatic carbocycles. The van der Waals surface area contributed by atoms with Gasteiger partial charge in [0, 0.05) is 25.1 Å². The Morgan fingerprint density at radius 3 is 2.66 bits per heavy atom. The highest BCUT2D eigenvalue weighted by molar-refractivity contribution is 7.13. The van der Waals surface area contributed by atoms with Crippen molar-refractivity contribution in [1.82, 2.24) is 25.5 Å². The van der Waals surface area contributed by atoms with Gasteiger partial charge in [0.25, 0.3) is 0 Å². The van der Waals surface area contributed by atoms with Gasteiger partial charge in [-0.15, -0.1) is 21.5 Å². The average molecular weight is 444 g/mol. The summed E-state index contributed by atoms with van der Waals surface area (Å²) < 4.78 is 31.7. The fraction of sp³-hybridized carbons (Fsp3) is 0.312. The predicted octanol–water partition coefficient (Wildman–Crippen LogP) is 2.99. The normalized spacial score (nSPS) is 13.9. The van der Waals surface area contributed by atoms with Gasteiger partial charge in [0.1, 0.15) is 22.2 Å². The number of thiophene rings is 1. The van der Waals surface area contributed by atoms with E-state index in [0.717, 1.165) is 39.5 Å². The molecule has 3 aromatic rings. The van der Waals surface area contributed by atoms with Crippen LogP contribution in [0, 0.1) is 0 Å². The Bertz CT molecular complexity index is 944. The summed E-state index contributed by atoms with van der Waals surface area (Å²) in [5, 5.41) is 26.3. The van der Waals surface area contributed by atoms with Gasteiger partial charge >= 0.3 is 12.1 Å². The van der Waals surface area contributed by atoms with E-state index in [0.29, 0.717) is 12.5 Å². The lowest BCUT2D eigenvalue weighted by Gasteiger charge is -2.23. The minimum Gasteiger partial charge on any atom is -0.475 e. The molecule has 3 aromatic heterocycles. The molecule has 4 heterocycles. The molecule has 8 nitrogen and oxygen atoms in total. The van der Waals surface area contributed by atoms with Gasteiger partial charge in [-0.2, -0.15) is 13.2 Å². The van der Waals surface area contributed by atoms with Gasteiger partial charge in [0.15, 0.2) is 0 Å². The molecular weight excluding hydrogens is 429 g/mol. The van der Waals surface area contributed by atoms with Crippen molar-refractivity contribution in [2.45, 2.75) is 18.6 Å². The summed E-state index contributed by atoms with van der Waals surface area (Å²) in [6, 6.07) is 6.04. The van der Waals surface area contributed by atoms with Crippen molar-refractivity contribution in [2.75, 3.05) is 18.4 Å². The molecule has 0 spiro atoms. The number of carboxylic acids is 1. The third-order valence-electron chi connectivity index (χ3n) is 3.72. The molecule has 0 bridgehead atoms. The third kappa shape index (κ3) is 5.92. The molecule has 3 N–H and O–H groups in total. The molecule has 1 fully saturated rings. The molecule has 13 heteroatoms. The van der Waals surface area contributed by atoms with E-state index in [4.69, 9.17) is 9.90 Å². The Balaban J connectivity index is 0.000000298. The number of aliphatic carboxylic acids is 1. The summed E-state index contributed by atoms with van der Waals surface area (Å²) in [7, 11) is 0. The molecule has 0 amide bonds. The van der Waals surface area contributed by atoms with Gasteiger partial charge in [-0.1, -0.05) is 17.4 Å². The van der Waals surface area contributed by atoms with E-state index in [1.807, 2.05) is 17.5 Å². The number of carboxylic acid groups (broad SMARTS) is 1. The third-order valence-corrected chi connectivity index (χ3v) is 5.70. The molecule has 29 heavy (non-hydrogen) atoms. The first-order valence-electron chi connectivity index (χ1n) is 8.26. The second-order valence-corrected chi connectivity index (χ2v) is 7.85. The SMILES string of the molecule is O=C(O)C(F)(F)F.c1csc(-c2cc(NCc3nnc(C4CNC4)s3)ncn2)c1. The van der Waals surface area contributed by atoms with E-state index in [1.54, 1.807) is 29.0 Å². The van der Waals surface area contributed by atoms with Crippen LogP contribution in [0.25, 0.3) is 10.6 Å². The van der Waals surface area contributed by atoms with Gasteiger partial charge in [-0.3, -0.25) is 0 Å². The summed E-state index contributed by atoms with van der Waals surface area (Å²) in [5.74, 6) is -1.41. The molecule has 4 rings (SSSR count). The average Bonchev–Trinajstić information content (AvgIpc) is 3.31. The number of hydrogen-bond donors (Lipinski definition) is 3. The summed E-state index contributed by atoms with van der Waals surface area (Å²) in [5.41, 5.74) is 0.936. The first-order valence-corrected chi connectivity index (χ1v) is 9.95. The smallest absolute Gasteiger partial charge is 0.475 e. The van der Waals surface area contributed by atoms with Gasteiger partial charge in [-0.05, 0) is 11.4 Å². The van der Waals surface area contributed by atoms with E-state index in [-0.39, 0.29) is 0 Å². The number of rotatable bonds is 5. The number of hydrogen-bond acceptors (Lipinski definition) is 9. The molecule has 0 saturated carbocycles. The maximum absolute atomic E-state index is 10.6. The topological polar surface area (TPSA) is 113 Å². The number of alkyl halides is 3. The lowest BCUT2D eigenvalue weighted by Crippen LogP contribution is -2.39. The molecule has 1 aliphatic rings. The fourth-order valence-corrected chi connectivity index (χ4v) is 3.72. The summed E-state index contributed by atoms with van der Waals surface area (Å²) >= 11 is 3.34. The van der Waals surface area contributed by atoms with Crippen LogP contribution >= 0.6 is 22.7 Å². The van der Waals surface area contributed by atoms with Gasteiger partial charge in [0.2, 0.25) is 0 Å². The molecule has 1 saturated heterocycles. The van der Waals surface area contributed by atoms with E-state index < -0.39 is 12.1 Å². The quantitative estimate of drug-likeness (QED) is 0.551. The predicted molar refractivity (Wildman–Crippen MR) is 102 cm³/mol. The van der Waals surface area contributed by atoms with Gasteiger partial charge < -0.3 is 15.7 Å². The molecule has 0 unspecified atom stereocenters. The number of nitrogens with zero attached hydrogens (tertiary/aromatic N) is 4. The van der Waals surface area contributed by atoms with Crippen molar-refractivity contribution < 1.29 is 23.1 Å².